The average molecular weight is 271 g/mol. The van der Waals surface area contributed by atoms with Gasteiger partial charge in [0.2, 0.25) is 0 Å². The van der Waals surface area contributed by atoms with E-state index in [1.165, 1.54) is 18.4 Å². The lowest BCUT2D eigenvalue weighted by Crippen LogP contribution is -2.28. The van der Waals surface area contributed by atoms with Crippen LogP contribution in [0.15, 0.2) is 22.9 Å². The molecule has 1 unspecified atom stereocenters. The van der Waals surface area contributed by atoms with Gasteiger partial charge in [-0.25, -0.2) is 0 Å². The zero-order chi connectivity index (χ0) is 11.1. The Morgan fingerprint density at radius 2 is 2.20 bits per heavy atom. The summed E-state index contributed by atoms with van der Waals surface area (Å²) in [7, 11) is 0. The zero-order valence-corrected chi connectivity index (χ0v) is 11.0. The van der Waals surface area contributed by atoms with Crippen molar-refractivity contribution in [3.8, 4) is 0 Å². The molecule has 1 rings (SSSR count). The molecular formula is C12H19BrN2. The van der Waals surface area contributed by atoms with E-state index in [1.54, 1.807) is 0 Å². The molecule has 1 aromatic rings. The number of pyridine rings is 1. The van der Waals surface area contributed by atoms with Gasteiger partial charge in [0, 0.05) is 22.9 Å². The number of nitrogens with zero attached hydrogens (tertiary/aromatic N) is 1. The Labute approximate surface area is 101 Å². The molecule has 1 heterocycles. The molecule has 15 heavy (non-hydrogen) atoms. The highest BCUT2D eigenvalue weighted by atomic mass is 79.9. The first kappa shape index (κ1) is 12.7. The molecule has 0 aliphatic rings. The maximum Gasteiger partial charge on any atom is 0.0410 e. The molecule has 1 aromatic heterocycles. The number of nitrogens with one attached hydrogen (secondary N) is 1. The number of hydrogen-bond acceptors (Lipinski definition) is 2. The summed E-state index contributed by atoms with van der Waals surface area (Å²) < 4.78 is 1.07. The highest BCUT2D eigenvalue weighted by Gasteiger charge is 2.04. The van der Waals surface area contributed by atoms with Crippen LogP contribution in [-0.2, 0) is 6.42 Å². The summed E-state index contributed by atoms with van der Waals surface area (Å²) in [6.07, 6.45) is 7.24. The van der Waals surface area contributed by atoms with E-state index in [4.69, 9.17) is 0 Å². The monoisotopic (exact) mass is 270 g/mol. The number of aromatic nitrogens is 1. The standard InChI is InChI=1S/C12H19BrN2/c1-3-12(15-4-2)6-5-10-7-11(13)9-14-8-10/h7-9,12,15H,3-6H2,1-2H3. The number of rotatable bonds is 6. The van der Waals surface area contributed by atoms with Gasteiger partial charge in [0.05, 0.1) is 0 Å². The van der Waals surface area contributed by atoms with E-state index in [-0.39, 0.29) is 0 Å². The third-order valence-corrected chi connectivity index (χ3v) is 2.96. The molecular weight excluding hydrogens is 252 g/mol. The van der Waals surface area contributed by atoms with Crippen LogP contribution in [0, 0.1) is 0 Å². The molecule has 2 nitrogen and oxygen atoms in total. The van der Waals surface area contributed by atoms with Crippen molar-refractivity contribution < 1.29 is 0 Å². The Kier molecular flexibility index (Phi) is 5.88. The van der Waals surface area contributed by atoms with Crippen molar-refractivity contribution in [2.75, 3.05) is 6.54 Å². The minimum atomic E-state index is 0.633. The first-order chi connectivity index (χ1) is 7.26. The quantitative estimate of drug-likeness (QED) is 0.859. The molecule has 0 saturated carbocycles. The van der Waals surface area contributed by atoms with E-state index in [1.807, 2.05) is 12.4 Å². The van der Waals surface area contributed by atoms with E-state index < -0.39 is 0 Å². The van der Waals surface area contributed by atoms with Gasteiger partial charge in [0.25, 0.3) is 0 Å². The topological polar surface area (TPSA) is 24.9 Å². The second-order valence-electron chi connectivity index (χ2n) is 3.71. The Bertz CT molecular complexity index is 289. The average Bonchev–Trinajstić information content (AvgIpc) is 2.24. The lowest BCUT2D eigenvalue weighted by molar-refractivity contribution is 0.481. The molecule has 0 spiro atoms. The zero-order valence-electron chi connectivity index (χ0n) is 9.46. The van der Waals surface area contributed by atoms with Gasteiger partial charge in [-0.05, 0) is 53.4 Å². The number of aryl methyl sites for hydroxylation is 1. The molecule has 0 amide bonds. The van der Waals surface area contributed by atoms with Crippen LogP contribution in [0.25, 0.3) is 0 Å². The third kappa shape index (κ3) is 4.76. The van der Waals surface area contributed by atoms with E-state index in [9.17, 15) is 0 Å². The Balaban J connectivity index is 2.41. The van der Waals surface area contributed by atoms with Gasteiger partial charge in [-0.15, -0.1) is 0 Å². The lowest BCUT2D eigenvalue weighted by Gasteiger charge is -2.15. The number of hydrogen-bond donors (Lipinski definition) is 1. The highest BCUT2D eigenvalue weighted by Crippen LogP contribution is 2.12. The summed E-state index contributed by atoms with van der Waals surface area (Å²) in [5.74, 6) is 0. The van der Waals surface area contributed by atoms with Crippen LogP contribution in [0.5, 0.6) is 0 Å². The predicted octanol–water partition coefficient (Wildman–Crippen LogP) is 3.16. The summed E-state index contributed by atoms with van der Waals surface area (Å²) in [4.78, 5) is 4.17. The molecule has 1 N–H and O–H groups in total. The predicted molar refractivity (Wildman–Crippen MR) is 68.0 cm³/mol. The van der Waals surface area contributed by atoms with Crippen molar-refractivity contribution >= 4 is 15.9 Å². The molecule has 0 saturated heterocycles. The Morgan fingerprint density at radius 1 is 1.40 bits per heavy atom. The molecule has 0 aromatic carbocycles. The van der Waals surface area contributed by atoms with Crippen LogP contribution in [0.1, 0.15) is 32.3 Å². The molecule has 3 heteroatoms. The molecule has 84 valence electrons. The molecule has 1 atom stereocenters. The van der Waals surface area contributed by atoms with E-state index in [0.717, 1.165) is 17.4 Å². The van der Waals surface area contributed by atoms with Crippen LogP contribution in [0.3, 0.4) is 0 Å². The smallest absolute Gasteiger partial charge is 0.0410 e. The lowest BCUT2D eigenvalue weighted by atomic mass is 10.1. The summed E-state index contributed by atoms with van der Waals surface area (Å²) >= 11 is 3.44. The second-order valence-corrected chi connectivity index (χ2v) is 4.63. The van der Waals surface area contributed by atoms with Gasteiger partial charge in [0.1, 0.15) is 0 Å². The number of halogens is 1. The van der Waals surface area contributed by atoms with Gasteiger partial charge in [-0.3, -0.25) is 4.98 Å². The van der Waals surface area contributed by atoms with Gasteiger partial charge < -0.3 is 5.32 Å². The van der Waals surface area contributed by atoms with Crippen molar-refractivity contribution in [1.29, 1.82) is 0 Å². The summed E-state index contributed by atoms with van der Waals surface area (Å²) in [5, 5.41) is 3.49. The largest absolute Gasteiger partial charge is 0.314 e. The molecule has 0 radical (unpaired) electrons. The van der Waals surface area contributed by atoms with Crippen molar-refractivity contribution in [3.05, 3.63) is 28.5 Å². The maximum absolute atomic E-state index is 4.17. The van der Waals surface area contributed by atoms with Gasteiger partial charge in [0.15, 0.2) is 0 Å². The van der Waals surface area contributed by atoms with Crippen molar-refractivity contribution in [2.24, 2.45) is 0 Å². The summed E-state index contributed by atoms with van der Waals surface area (Å²) in [6, 6.07) is 2.78. The van der Waals surface area contributed by atoms with Crippen LogP contribution in [-0.4, -0.2) is 17.6 Å². The van der Waals surface area contributed by atoms with Gasteiger partial charge in [-0.1, -0.05) is 13.8 Å². The van der Waals surface area contributed by atoms with Gasteiger partial charge >= 0.3 is 0 Å². The minimum absolute atomic E-state index is 0.633. The molecule has 0 aliphatic heterocycles. The summed E-state index contributed by atoms with van der Waals surface area (Å²) in [6.45, 7) is 5.44. The first-order valence-corrected chi connectivity index (χ1v) is 6.38. The van der Waals surface area contributed by atoms with E-state index in [0.29, 0.717) is 6.04 Å². The van der Waals surface area contributed by atoms with Crippen molar-refractivity contribution in [2.45, 2.75) is 39.2 Å². The van der Waals surface area contributed by atoms with Crippen LogP contribution in [0.2, 0.25) is 0 Å². The normalized spacial score (nSPS) is 12.7. The first-order valence-electron chi connectivity index (χ1n) is 5.59. The van der Waals surface area contributed by atoms with E-state index in [2.05, 4.69) is 46.1 Å². The third-order valence-electron chi connectivity index (χ3n) is 2.53. The maximum atomic E-state index is 4.17. The highest BCUT2D eigenvalue weighted by molar-refractivity contribution is 9.10. The fraction of sp³-hybridized carbons (Fsp3) is 0.583. The molecule has 0 fully saturated rings. The fourth-order valence-corrected chi connectivity index (χ4v) is 2.08. The van der Waals surface area contributed by atoms with Crippen LogP contribution >= 0.6 is 15.9 Å². The Morgan fingerprint density at radius 3 is 2.80 bits per heavy atom. The van der Waals surface area contributed by atoms with Crippen LogP contribution in [0.4, 0.5) is 0 Å². The SMILES string of the molecule is CCNC(CC)CCc1cncc(Br)c1. The van der Waals surface area contributed by atoms with Crippen molar-refractivity contribution in [1.82, 2.24) is 10.3 Å². The van der Waals surface area contributed by atoms with E-state index >= 15 is 0 Å². The van der Waals surface area contributed by atoms with Gasteiger partial charge in [-0.2, -0.15) is 0 Å². The fourth-order valence-electron chi connectivity index (χ4n) is 1.67. The van der Waals surface area contributed by atoms with Crippen molar-refractivity contribution in [3.63, 3.8) is 0 Å². The molecule has 0 aliphatic carbocycles. The van der Waals surface area contributed by atoms with Crippen LogP contribution < -0.4 is 5.32 Å². The molecule has 0 bridgehead atoms. The second kappa shape index (κ2) is 6.96. The Hall–Kier alpha value is -0.410. The summed E-state index contributed by atoms with van der Waals surface area (Å²) in [5.41, 5.74) is 1.31. The minimum Gasteiger partial charge on any atom is -0.314 e.